The van der Waals surface area contributed by atoms with E-state index < -0.39 is 11.9 Å². The standard InChI is InChI=1S/C17H13ClFNO3S/c1-2-12(10-3-5-11(19)6-4-10)16(21)23-17-15(20-9-22-17)13-7-8-14(18)24-13/h3-9,12H,2H2,1H3. The van der Waals surface area contributed by atoms with E-state index in [1.165, 1.54) is 29.9 Å². The van der Waals surface area contributed by atoms with Gasteiger partial charge in [-0.3, -0.25) is 4.79 Å². The molecule has 1 unspecified atom stereocenters. The molecule has 4 nitrogen and oxygen atoms in total. The van der Waals surface area contributed by atoms with Gasteiger partial charge < -0.3 is 9.15 Å². The number of halogens is 2. The van der Waals surface area contributed by atoms with Gasteiger partial charge in [0.1, 0.15) is 5.82 Å². The highest BCUT2D eigenvalue weighted by atomic mass is 35.5. The number of hydrogen-bond donors (Lipinski definition) is 0. The van der Waals surface area contributed by atoms with Crippen LogP contribution in [0.5, 0.6) is 5.95 Å². The van der Waals surface area contributed by atoms with Gasteiger partial charge in [-0.05, 0) is 36.2 Å². The van der Waals surface area contributed by atoms with Crippen molar-refractivity contribution in [2.75, 3.05) is 0 Å². The van der Waals surface area contributed by atoms with Crippen LogP contribution in [0.3, 0.4) is 0 Å². The summed E-state index contributed by atoms with van der Waals surface area (Å²) < 4.78 is 24.2. The van der Waals surface area contributed by atoms with E-state index in [-0.39, 0.29) is 11.8 Å². The molecule has 24 heavy (non-hydrogen) atoms. The van der Waals surface area contributed by atoms with Crippen LogP contribution < -0.4 is 4.74 Å². The minimum atomic E-state index is -0.518. The van der Waals surface area contributed by atoms with Crippen molar-refractivity contribution < 1.29 is 18.3 Å². The van der Waals surface area contributed by atoms with Gasteiger partial charge in [-0.25, -0.2) is 9.37 Å². The van der Waals surface area contributed by atoms with Gasteiger partial charge in [-0.2, -0.15) is 0 Å². The minimum absolute atomic E-state index is 0.0269. The van der Waals surface area contributed by atoms with E-state index in [9.17, 15) is 9.18 Å². The average molecular weight is 366 g/mol. The third kappa shape index (κ3) is 3.49. The zero-order chi connectivity index (χ0) is 17.1. The number of esters is 1. The van der Waals surface area contributed by atoms with E-state index in [1.807, 2.05) is 6.92 Å². The van der Waals surface area contributed by atoms with Crippen molar-refractivity contribution >= 4 is 28.9 Å². The number of benzene rings is 1. The molecule has 2 heterocycles. The Labute approximate surface area is 146 Å². The molecular formula is C17H13ClFNO3S. The Kier molecular flexibility index (Phi) is 4.97. The number of carbonyl (C=O) groups is 1. The second kappa shape index (κ2) is 7.15. The molecule has 3 rings (SSSR count). The van der Waals surface area contributed by atoms with E-state index in [0.29, 0.717) is 22.0 Å². The van der Waals surface area contributed by atoms with E-state index in [1.54, 1.807) is 24.3 Å². The SMILES string of the molecule is CCC(C(=O)Oc1ocnc1-c1ccc(Cl)s1)c1ccc(F)cc1. The molecule has 3 aromatic rings. The van der Waals surface area contributed by atoms with Crippen LogP contribution in [0.1, 0.15) is 24.8 Å². The molecule has 0 aliphatic rings. The first kappa shape index (κ1) is 16.7. The van der Waals surface area contributed by atoms with E-state index in [2.05, 4.69) is 4.98 Å². The number of rotatable bonds is 5. The molecule has 1 aromatic carbocycles. The summed E-state index contributed by atoms with van der Waals surface area (Å²) in [6, 6.07) is 9.29. The van der Waals surface area contributed by atoms with Gasteiger partial charge in [0.05, 0.1) is 15.1 Å². The highest BCUT2D eigenvalue weighted by molar-refractivity contribution is 7.19. The number of ether oxygens (including phenoxy) is 1. The lowest BCUT2D eigenvalue weighted by atomic mass is 9.97. The predicted octanol–water partition coefficient (Wildman–Crippen LogP) is 5.29. The van der Waals surface area contributed by atoms with Crippen molar-refractivity contribution in [3.8, 4) is 16.5 Å². The molecule has 2 aromatic heterocycles. The van der Waals surface area contributed by atoms with Gasteiger partial charge >= 0.3 is 11.9 Å². The van der Waals surface area contributed by atoms with Gasteiger partial charge in [0, 0.05) is 0 Å². The molecule has 0 N–H and O–H groups in total. The summed E-state index contributed by atoms with van der Waals surface area (Å²) in [4.78, 5) is 17.3. The first-order valence-electron chi connectivity index (χ1n) is 7.24. The summed E-state index contributed by atoms with van der Waals surface area (Å²) in [5.74, 6) is -1.33. The Hall–Kier alpha value is -2.18. The molecule has 0 aliphatic carbocycles. The van der Waals surface area contributed by atoms with Crippen LogP contribution in [0.4, 0.5) is 4.39 Å². The summed E-state index contributed by atoms with van der Waals surface area (Å²) >= 11 is 7.23. The normalized spacial score (nSPS) is 12.1. The Morgan fingerprint density at radius 2 is 2.08 bits per heavy atom. The van der Waals surface area contributed by atoms with Crippen LogP contribution >= 0.6 is 22.9 Å². The quantitative estimate of drug-likeness (QED) is 0.576. The molecule has 0 radical (unpaired) electrons. The van der Waals surface area contributed by atoms with Crippen LogP contribution in [-0.4, -0.2) is 11.0 Å². The summed E-state index contributed by atoms with van der Waals surface area (Å²) in [5.41, 5.74) is 1.11. The molecular weight excluding hydrogens is 353 g/mol. The van der Waals surface area contributed by atoms with Crippen LogP contribution in [0.2, 0.25) is 4.34 Å². The minimum Gasteiger partial charge on any atom is -0.412 e. The van der Waals surface area contributed by atoms with Crippen LogP contribution in [0, 0.1) is 5.82 Å². The molecule has 0 bridgehead atoms. The molecule has 124 valence electrons. The number of nitrogens with zero attached hydrogens (tertiary/aromatic N) is 1. The third-order valence-electron chi connectivity index (χ3n) is 3.50. The maximum absolute atomic E-state index is 13.1. The maximum atomic E-state index is 13.1. The van der Waals surface area contributed by atoms with Crippen LogP contribution in [-0.2, 0) is 4.79 Å². The average Bonchev–Trinajstić information content (AvgIpc) is 3.18. The molecule has 0 saturated carbocycles. The topological polar surface area (TPSA) is 52.3 Å². The number of aromatic nitrogens is 1. The van der Waals surface area contributed by atoms with Gasteiger partial charge in [0.15, 0.2) is 12.1 Å². The first-order chi connectivity index (χ1) is 11.6. The molecule has 0 aliphatic heterocycles. The lowest BCUT2D eigenvalue weighted by Crippen LogP contribution is -2.18. The highest BCUT2D eigenvalue weighted by Gasteiger charge is 2.24. The lowest BCUT2D eigenvalue weighted by Gasteiger charge is -2.13. The van der Waals surface area contributed by atoms with Crippen molar-refractivity contribution in [1.29, 1.82) is 0 Å². The number of oxazole rings is 1. The summed E-state index contributed by atoms with van der Waals surface area (Å²) in [5, 5.41) is 0. The summed E-state index contributed by atoms with van der Waals surface area (Å²) in [6.45, 7) is 1.86. The summed E-state index contributed by atoms with van der Waals surface area (Å²) in [7, 11) is 0. The van der Waals surface area contributed by atoms with Gasteiger partial charge in [0.25, 0.3) is 0 Å². The number of thiophene rings is 1. The van der Waals surface area contributed by atoms with E-state index in [0.717, 1.165) is 4.88 Å². The van der Waals surface area contributed by atoms with Crippen LogP contribution in [0.15, 0.2) is 47.2 Å². The van der Waals surface area contributed by atoms with Crippen molar-refractivity contribution in [1.82, 2.24) is 4.98 Å². The van der Waals surface area contributed by atoms with Crippen LogP contribution in [0.25, 0.3) is 10.6 Å². The molecule has 0 fully saturated rings. The largest absolute Gasteiger partial charge is 0.412 e. The zero-order valence-electron chi connectivity index (χ0n) is 12.7. The molecule has 0 amide bonds. The number of hydrogen-bond acceptors (Lipinski definition) is 5. The van der Waals surface area contributed by atoms with Crippen molar-refractivity contribution in [2.24, 2.45) is 0 Å². The van der Waals surface area contributed by atoms with Crippen molar-refractivity contribution in [3.05, 3.63) is 58.5 Å². The second-order valence-corrected chi connectivity index (χ2v) is 6.74. The Morgan fingerprint density at radius 1 is 1.33 bits per heavy atom. The fourth-order valence-corrected chi connectivity index (χ4v) is 3.34. The van der Waals surface area contributed by atoms with E-state index in [4.69, 9.17) is 20.8 Å². The zero-order valence-corrected chi connectivity index (χ0v) is 14.2. The Bertz CT molecular complexity index is 844. The fourth-order valence-electron chi connectivity index (χ4n) is 2.31. The van der Waals surface area contributed by atoms with Gasteiger partial charge in [-0.15, -0.1) is 11.3 Å². The number of carbonyl (C=O) groups excluding carboxylic acids is 1. The third-order valence-corrected chi connectivity index (χ3v) is 4.74. The van der Waals surface area contributed by atoms with Crippen molar-refractivity contribution in [2.45, 2.75) is 19.3 Å². The maximum Gasteiger partial charge on any atom is 0.322 e. The smallest absolute Gasteiger partial charge is 0.322 e. The fraction of sp³-hybridized carbons (Fsp3) is 0.176. The van der Waals surface area contributed by atoms with E-state index >= 15 is 0 Å². The molecule has 0 spiro atoms. The molecule has 7 heteroatoms. The monoisotopic (exact) mass is 365 g/mol. The molecule has 1 atom stereocenters. The summed E-state index contributed by atoms with van der Waals surface area (Å²) in [6.07, 6.45) is 1.73. The predicted molar refractivity (Wildman–Crippen MR) is 89.9 cm³/mol. The second-order valence-electron chi connectivity index (χ2n) is 5.03. The van der Waals surface area contributed by atoms with Gasteiger partial charge in [0.2, 0.25) is 0 Å². The lowest BCUT2D eigenvalue weighted by molar-refractivity contribution is -0.137. The first-order valence-corrected chi connectivity index (χ1v) is 8.44. The van der Waals surface area contributed by atoms with Crippen molar-refractivity contribution in [3.63, 3.8) is 0 Å². The highest BCUT2D eigenvalue weighted by Crippen LogP contribution is 2.36. The van der Waals surface area contributed by atoms with Gasteiger partial charge in [-0.1, -0.05) is 30.7 Å². The Morgan fingerprint density at radius 3 is 2.71 bits per heavy atom. The Balaban J connectivity index is 1.81. The molecule has 0 saturated heterocycles.